The van der Waals surface area contributed by atoms with Crippen molar-refractivity contribution in [3.8, 4) is 34.5 Å². The topological polar surface area (TPSA) is 522 Å². The first-order valence-electron chi connectivity index (χ1n) is 35.8. The van der Waals surface area contributed by atoms with Gasteiger partial charge in [-0.25, -0.2) is 50.5 Å². The molecular weight excluding hydrogens is 1620 g/mol. The number of fused-ring (bicyclic) bond motifs is 12. The van der Waals surface area contributed by atoms with E-state index in [2.05, 4.69) is 0 Å². The Bertz CT molecular complexity index is 4050. The Hall–Kier alpha value is -6.90. The van der Waals surface area contributed by atoms with E-state index in [0.29, 0.717) is 0 Å². The molecule has 636 valence electrons. The van der Waals surface area contributed by atoms with Crippen LogP contribution in [0, 0.1) is 0 Å². The number of sulfonamides is 6. The number of methoxy groups -OCH3 is 6. The van der Waals surface area contributed by atoms with E-state index in [4.69, 9.17) is 28.4 Å². The van der Waals surface area contributed by atoms with Crippen molar-refractivity contribution >= 4 is 60.1 Å². The van der Waals surface area contributed by atoms with Crippen molar-refractivity contribution in [2.75, 3.05) is 200 Å². The second-order valence-electron chi connectivity index (χ2n) is 25.8. The smallest absolute Gasteiger partial charge is 0.243 e. The zero-order valence-electron chi connectivity index (χ0n) is 64.0. The van der Waals surface area contributed by atoms with Gasteiger partial charge >= 0.3 is 0 Å². The molecule has 36 nitrogen and oxygen atoms in total. The van der Waals surface area contributed by atoms with Crippen LogP contribution in [-0.4, -0.2) is 338 Å². The van der Waals surface area contributed by atoms with E-state index < -0.39 is 286 Å². The molecule has 0 heterocycles. The molecule has 114 heavy (non-hydrogen) atoms. The minimum absolute atomic E-state index is 0.0988. The highest BCUT2D eigenvalue weighted by Crippen LogP contribution is 2.45. The third-order valence-corrected chi connectivity index (χ3v) is 30.1. The second-order valence-corrected chi connectivity index (χ2v) is 37.4. The maximum atomic E-state index is 15.3. The van der Waals surface area contributed by atoms with Crippen LogP contribution in [0.25, 0.3) is 0 Å². The minimum atomic E-state index is -4.90. The summed E-state index contributed by atoms with van der Waals surface area (Å²) in [5, 5.41) is 124. The van der Waals surface area contributed by atoms with Crippen LogP contribution in [0.2, 0.25) is 0 Å². The van der Waals surface area contributed by atoms with Crippen molar-refractivity contribution in [3.63, 3.8) is 0 Å². The van der Waals surface area contributed by atoms with E-state index in [-0.39, 0.29) is 101 Å². The van der Waals surface area contributed by atoms with Crippen LogP contribution in [0.3, 0.4) is 0 Å². The Labute approximate surface area is 664 Å². The highest BCUT2D eigenvalue weighted by molar-refractivity contribution is 7.90. The lowest BCUT2D eigenvalue weighted by atomic mass is 9.91. The number of nitrogens with zero attached hydrogens (tertiary/aromatic N) is 6. The Balaban J connectivity index is 1.85. The first kappa shape index (κ1) is 94.3. The quantitative estimate of drug-likeness (QED) is 0.0187. The van der Waals surface area contributed by atoms with Gasteiger partial charge in [-0.2, -0.15) is 25.8 Å². The molecule has 1 aliphatic carbocycles. The molecule has 42 heteroatoms. The second kappa shape index (κ2) is 42.0. The van der Waals surface area contributed by atoms with Gasteiger partial charge < -0.3 is 89.7 Å². The zero-order valence-corrected chi connectivity index (χ0v) is 68.9. The van der Waals surface area contributed by atoms with E-state index in [9.17, 15) is 61.3 Å². The van der Waals surface area contributed by atoms with E-state index in [0.717, 1.165) is 98.6 Å². The average molecular weight is 1720 g/mol. The maximum absolute atomic E-state index is 15.3. The number of benzene rings is 6. The Kier molecular flexibility index (Phi) is 34.7. The highest BCUT2D eigenvalue weighted by Gasteiger charge is 2.37. The fourth-order valence-corrected chi connectivity index (χ4v) is 23.1. The van der Waals surface area contributed by atoms with Gasteiger partial charge in [-0.05, 0) is 72.8 Å². The predicted octanol–water partition coefficient (Wildman–Crippen LogP) is -2.55. The summed E-state index contributed by atoms with van der Waals surface area (Å²) in [6.07, 6.45) is -3.63. The van der Waals surface area contributed by atoms with Crippen LogP contribution in [0.1, 0.15) is 66.8 Å². The van der Waals surface area contributed by atoms with E-state index in [1.165, 1.54) is 42.7 Å². The molecule has 0 unspecified atom stereocenters. The van der Waals surface area contributed by atoms with Crippen molar-refractivity contribution in [1.29, 1.82) is 0 Å². The van der Waals surface area contributed by atoms with Crippen molar-refractivity contribution in [3.05, 3.63) is 140 Å². The molecule has 1 aliphatic rings. The predicted molar refractivity (Wildman–Crippen MR) is 412 cm³/mol. The van der Waals surface area contributed by atoms with Crippen molar-refractivity contribution in [1.82, 2.24) is 25.8 Å². The molecule has 0 aliphatic heterocycles. The number of hydrogen-bond donors (Lipinski definition) is 12. The first-order chi connectivity index (χ1) is 54.2. The Morgan fingerprint density at radius 3 is 0.360 bits per heavy atom. The summed E-state index contributed by atoms with van der Waals surface area (Å²) in [6.45, 7) is -16.1. The van der Waals surface area contributed by atoms with E-state index in [1.807, 2.05) is 0 Å². The minimum Gasteiger partial charge on any atom is -0.496 e. The van der Waals surface area contributed by atoms with E-state index >= 15 is 50.5 Å². The maximum Gasteiger partial charge on any atom is 0.243 e. The van der Waals surface area contributed by atoms with Crippen LogP contribution >= 0.6 is 0 Å². The molecule has 0 fully saturated rings. The molecule has 0 radical (unpaired) electrons. The zero-order chi connectivity index (χ0) is 84.3. The largest absolute Gasteiger partial charge is 0.496 e. The molecule has 0 saturated heterocycles. The Morgan fingerprint density at radius 1 is 0.202 bits per heavy atom. The van der Waals surface area contributed by atoms with Gasteiger partial charge in [0.25, 0.3) is 0 Å². The van der Waals surface area contributed by atoms with Gasteiger partial charge in [-0.3, -0.25) is 0 Å². The monoisotopic (exact) mass is 1720 g/mol. The molecule has 12 bridgehead atoms. The molecule has 12 N–H and O–H groups in total. The van der Waals surface area contributed by atoms with Crippen LogP contribution < -0.4 is 28.4 Å². The lowest BCUT2D eigenvalue weighted by Crippen LogP contribution is -2.36. The molecular formula is C72H102N6O30S6. The summed E-state index contributed by atoms with van der Waals surface area (Å²) in [5.41, 5.74) is -1.19. The van der Waals surface area contributed by atoms with Gasteiger partial charge in [-0.1, -0.05) is 0 Å². The number of rotatable bonds is 42. The molecule has 6 aromatic rings. The van der Waals surface area contributed by atoms with Crippen LogP contribution in [0.5, 0.6) is 34.5 Å². The van der Waals surface area contributed by atoms with Gasteiger partial charge in [0.05, 0.1) is 151 Å². The van der Waals surface area contributed by atoms with Crippen LogP contribution in [-0.2, 0) is 98.7 Å². The highest BCUT2D eigenvalue weighted by atomic mass is 32.2. The SMILES string of the molecule is COc1c2cc(S(=O)(=O)N(CCO)CCO)cc1Cc1cc(S(=O)(=O)N(CCO)CCO)cc(c1OC)Cc1cc(S(=O)(=O)N(CCO)CCO)cc(c1OC)Cc1cc(S(=O)(=O)N(CCO)CCO)cc(c1OC)Cc1cc(S(=O)(=O)N(CCO)CCO)cc(c1OC)Cc1cc(S(=O)(=O)N(CCO)CCO)cc(c1OC)C2. The molecule has 6 aromatic carbocycles. The molecule has 7 rings (SSSR count). The fourth-order valence-electron chi connectivity index (χ4n) is 14.0. The third-order valence-electron chi connectivity index (χ3n) is 18.8. The summed E-state index contributed by atoms with van der Waals surface area (Å²) in [6, 6.07) is 13.8. The lowest BCUT2D eigenvalue weighted by molar-refractivity contribution is 0.217. The summed E-state index contributed by atoms with van der Waals surface area (Å²) in [4.78, 5) is -3.37. The normalized spacial score (nSPS) is 13.5. The first-order valence-corrected chi connectivity index (χ1v) is 44.4. The van der Waals surface area contributed by atoms with Crippen molar-refractivity contribution < 1.29 is 140 Å². The van der Waals surface area contributed by atoms with Gasteiger partial charge in [0, 0.05) is 184 Å². The number of aliphatic hydroxyl groups is 12. The molecule has 0 aromatic heterocycles. The van der Waals surface area contributed by atoms with Crippen molar-refractivity contribution in [2.45, 2.75) is 67.9 Å². The lowest BCUT2D eigenvalue weighted by Gasteiger charge is -2.26. The number of ether oxygens (including phenoxy) is 6. The molecule has 0 spiro atoms. The number of hydrogen-bond acceptors (Lipinski definition) is 30. The molecule has 0 amide bonds. The Morgan fingerprint density at radius 2 is 0.289 bits per heavy atom. The van der Waals surface area contributed by atoms with E-state index in [1.54, 1.807) is 0 Å². The summed E-state index contributed by atoms with van der Waals surface area (Å²) >= 11 is 0. The van der Waals surface area contributed by atoms with Crippen LogP contribution in [0.4, 0.5) is 0 Å². The summed E-state index contributed by atoms with van der Waals surface area (Å²) < 4.78 is 226. The average Bonchev–Trinajstić information content (AvgIpc) is 0.742. The van der Waals surface area contributed by atoms with Gasteiger partial charge in [0.1, 0.15) is 34.5 Å². The van der Waals surface area contributed by atoms with Crippen LogP contribution in [0.15, 0.2) is 102 Å². The van der Waals surface area contributed by atoms with Gasteiger partial charge in [0.2, 0.25) is 60.1 Å². The molecule has 0 atom stereocenters. The number of aliphatic hydroxyl groups excluding tert-OH is 12. The molecule has 0 saturated carbocycles. The van der Waals surface area contributed by atoms with Crippen molar-refractivity contribution in [2.24, 2.45) is 0 Å². The fraction of sp³-hybridized carbons (Fsp3) is 0.500. The standard InChI is InChI=1S/C72H102N6O30S6/c1-103-67-49-31-51-39-62(110(93,94)74(9-21-81)10-22-82)41-53(68(51)104-2)33-55-43-64(112(97,98)76(13-25-85)14-26-86)45-57(70(55)106-4)35-59-47-66(114(101,102)78(17-29-89)18-30-90)48-60(72(59)108-6)36-58-46-65(113(99,100)77(15-27-87)16-28-88)44-56(71(58)107-5)34-54-42-63(111(95,96)75(11-23-83)12-24-84)40-52(69(54)105-3)32-50(67)38-61(37-49)109(91,92)73(7-19-79)8-20-80/h37-48,79-90H,7-36H2,1-6H3. The van der Waals surface area contributed by atoms with Gasteiger partial charge in [-0.15, -0.1) is 0 Å². The van der Waals surface area contributed by atoms with Gasteiger partial charge in [0.15, 0.2) is 0 Å². The summed E-state index contributed by atoms with van der Waals surface area (Å²) in [5.74, 6) is -0.997. The third kappa shape index (κ3) is 21.0. The summed E-state index contributed by atoms with van der Waals surface area (Å²) in [7, 11) is -22.2.